The van der Waals surface area contributed by atoms with Gasteiger partial charge in [-0.1, -0.05) is 26.7 Å². The smallest absolute Gasteiger partial charge is 0.0576 e. The maximum Gasteiger partial charge on any atom is 0.0576 e. The molecule has 0 aliphatic carbocycles. The van der Waals surface area contributed by atoms with Gasteiger partial charge in [0.25, 0.3) is 0 Å². The van der Waals surface area contributed by atoms with Gasteiger partial charge >= 0.3 is 0 Å². The quantitative estimate of drug-likeness (QED) is 0.739. The lowest BCUT2D eigenvalue weighted by Gasteiger charge is -2.17. The van der Waals surface area contributed by atoms with E-state index in [4.69, 9.17) is 0 Å². The highest BCUT2D eigenvalue weighted by molar-refractivity contribution is 7.99. The van der Waals surface area contributed by atoms with Gasteiger partial charge in [0.1, 0.15) is 0 Å². The van der Waals surface area contributed by atoms with Crippen LogP contribution in [0.4, 0.5) is 0 Å². The fraction of sp³-hybridized carbons (Fsp3) is 1.00. The molecule has 2 heteroatoms. The lowest BCUT2D eigenvalue weighted by atomic mass is 9.95. The lowest BCUT2D eigenvalue weighted by molar-refractivity contribution is 0.107. The molecular weight excluding hydrogens is 180 g/mol. The Hall–Kier alpha value is 0.310. The van der Waals surface area contributed by atoms with E-state index in [1.54, 1.807) is 0 Å². The summed E-state index contributed by atoms with van der Waals surface area (Å²) in [5.41, 5.74) is 0. The van der Waals surface area contributed by atoms with Crippen molar-refractivity contribution in [2.24, 2.45) is 11.8 Å². The van der Waals surface area contributed by atoms with Gasteiger partial charge in [0.15, 0.2) is 0 Å². The van der Waals surface area contributed by atoms with Crippen LogP contribution in [0.5, 0.6) is 0 Å². The van der Waals surface area contributed by atoms with Crippen molar-refractivity contribution in [3.05, 3.63) is 0 Å². The predicted molar refractivity (Wildman–Crippen MR) is 60.1 cm³/mol. The highest BCUT2D eigenvalue weighted by atomic mass is 32.2. The minimum absolute atomic E-state index is 0.0197. The van der Waals surface area contributed by atoms with Gasteiger partial charge in [-0.2, -0.15) is 11.8 Å². The van der Waals surface area contributed by atoms with Gasteiger partial charge in [0.2, 0.25) is 0 Å². The van der Waals surface area contributed by atoms with E-state index in [1.807, 2.05) is 11.8 Å². The minimum Gasteiger partial charge on any atom is -0.393 e. The zero-order valence-electron chi connectivity index (χ0n) is 8.83. The van der Waals surface area contributed by atoms with Gasteiger partial charge in [0, 0.05) is 0 Å². The van der Waals surface area contributed by atoms with Crippen molar-refractivity contribution in [2.45, 2.75) is 45.6 Å². The lowest BCUT2D eigenvalue weighted by Crippen LogP contribution is -2.19. The number of thioether (sulfide) groups is 1. The molecule has 0 aromatic carbocycles. The average molecular weight is 202 g/mol. The van der Waals surface area contributed by atoms with E-state index < -0.39 is 0 Å². The SMILES string of the molecule is CC(C)CCCC(O)C1CCSC1. The van der Waals surface area contributed by atoms with Crippen molar-refractivity contribution in [1.29, 1.82) is 0 Å². The highest BCUT2D eigenvalue weighted by Crippen LogP contribution is 2.28. The molecule has 1 aliphatic heterocycles. The van der Waals surface area contributed by atoms with Crippen molar-refractivity contribution >= 4 is 11.8 Å². The Morgan fingerprint density at radius 1 is 1.38 bits per heavy atom. The number of hydrogen-bond donors (Lipinski definition) is 1. The van der Waals surface area contributed by atoms with E-state index in [2.05, 4.69) is 13.8 Å². The molecule has 1 aliphatic rings. The molecule has 0 aromatic rings. The van der Waals surface area contributed by atoms with Gasteiger partial charge in [0.05, 0.1) is 6.10 Å². The zero-order chi connectivity index (χ0) is 9.68. The first kappa shape index (κ1) is 11.4. The highest BCUT2D eigenvalue weighted by Gasteiger charge is 2.22. The Balaban J connectivity index is 2.06. The van der Waals surface area contributed by atoms with E-state index in [1.165, 1.54) is 30.8 Å². The first-order chi connectivity index (χ1) is 6.20. The molecule has 0 spiro atoms. The molecule has 1 rings (SSSR count). The second-order valence-corrected chi connectivity index (χ2v) is 5.67. The van der Waals surface area contributed by atoms with Crippen LogP contribution in [0.2, 0.25) is 0 Å². The van der Waals surface area contributed by atoms with Gasteiger partial charge in [-0.15, -0.1) is 0 Å². The molecule has 1 saturated heterocycles. The molecule has 1 heterocycles. The van der Waals surface area contributed by atoms with Crippen LogP contribution in [0.15, 0.2) is 0 Å². The van der Waals surface area contributed by atoms with Crippen LogP contribution >= 0.6 is 11.8 Å². The Labute approximate surface area is 86.3 Å². The summed E-state index contributed by atoms with van der Waals surface area (Å²) in [6, 6.07) is 0. The normalized spacial score (nSPS) is 25.4. The van der Waals surface area contributed by atoms with Gasteiger partial charge in [-0.25, -0.2) is 0 Å². The van der Waals surface area contributed by atoms with Crippen LogP contribution < -0.4 is 0 Å². The number of aliphatic hydroxyl groups excluding tert-OH is 1. The van der Waals surface area contributed by atoms with Crippen LogP contribution in [0.25, 0.3) is 0 Å². The fourth-order valence-electron chi connectivity index (χ4n) is 1.83. The summed E-state index contributed by atoms with van der Waals surface area (Å²) >= 11 is 1.99. The third-order valence-electron chi connectivity index (χ3n) is 2.79. The molecule has 0 radical (unpaired) electrons. The third-order valence-corrected chi connectivity index (χ3v) is 3.98. The van der Waals surface area contributed by atoms with E-state index in [-0.39, 0.29) is 6.10 Å². The maximum atomic E-state index is 9.85. The summed E-state index contributed by atoms with van der Waals surface area (Å²) in [4.78, 5) is 0. The van der Waals surface area contributed by atoms with Gasteiger partial charge in [-0.3, -0.25) is 0 Å². The summed E-state index contributed by atoms with van der Waals surface area (Å²) < 4.78 is 0. The van der Waals surface area contributed by atoms with Crippen molar-refractivity contribution in [2.75, 3.05) is 11.5 Å². The van der Waals surface area contributed by atoms with E-state index in [0.29, 0.717) is 5.92 Å². The Kier molecular flexibility index (Phi) is 5.18. The summed E-state index contributed by atoms with van der Waals surface area (Å²) in [6.07, 6.45) is 4.68. The predicted octanol–water partition coefficient (Wildman–Crippen LogP) is 2.93. The van der Waals surface area contributed by atoms with Crippen LogP contribution in [-0.2, 0) is 0 Å². The largest absolute Gasteiger partial charge is 0.393 e. The third kappa shape index (κ3) is 4.37. The summed E-state index contributed by atoms with van der Waals surface area (Å²) in [6.45, 7) is 4.50. The van der Waals surface area contributed by atoms with Crippen molar-refractivity contribution in [3.8, 4) is 0 Å². The molecule has 0 amide bonds. The standard InChI is InChI=1S/C11H22OS/c1-9(2)4-3-5-11(12)10-6-7-13-8-10/h9-12H,3-8H2,1-2H3. The Bertz CT molecular complexity index is 130. The van der Waals surface area contributed by atoms with E-state index in [9.17, 15) is 5.11 Å². The van der Waals surface area contributed by atoms with Crippen LogP contribution in [0.1, 0.15) is 39.5 Å². The molecule has 0 bridgehead atoms. The topological polar surface area (TPSA) is 20.2 Å². The van der Waals surface area contributed by atoms with Crippen LogP contribution in [-0.4, -0.2) is 22.7 Å². The van der Waals surface area contributed by atoms with Crippen molar-refractivity contribution in [1.82, 2.24) is 0 Å². The first-order valence-corrected chi connectivity index (χ1v) is 6.61. The molecule has 1 N–H and O–H groups in total. The van der Waals surface area contributed by atoms with E-state index in [0.717, 1.165) is 12.3 Å². The summed E-state index contributed by atoms with van der Waals surface area (Å²) in [5.74, 6) is 3.82. The average Bonchev–Trinajstić information content (AvgIpc) is 2.55. The summed E-state index contributed by atoms with van der Waals surface area (Å²) in [5, 5.41) is 9.85. The molecular formula is C11H22OS. The fourth-order valence-corrected chi connectivity index (χ4v) is 3.15. The van der Waals surface area contributed by atoms with Crippen molar-refractivity contribution in [3.63, 3.8) is 0 Å². The van der Waals surface area contributed by atoms with E-state index >= 15 is 0 Å². The second kappa shape index (κ2) is 5.92. The second-order valence-electron chi connectivity index (χ2n) is 4.52. The van der Waals surface area contributed by atoms with Gasteiger partial charge in [-0.05, 0) is 36.2 Å². The molecule has 2 unspecified atom stereocenters. The maximum absolute atomic E-state index is 9.85. The van der Waals surface area contributed by atoms with Crippen molar-refractivity contribution < 1.29 is 5.11 Å². The molecule has 1 fully saturated rings. The molecule has 1 nitrogen and oxygen atoms in total. The molecule has 13 heavy (non-hydrogen) atoms. The molecule has 2 atom stereocenters. The Morgan fingerprint density at radius 3 is 2.69 bits per heavy atom. The minimum atomic E-state index is -0.0197. The van der Waals surface area contributed by atoms with Crippen LogP contribution in [0, 0.1) is 11.8 Å². The van der Waals surface area contributed by atoms with Crippen LogP contribution in [0.3, 0.4) is 0 Å². The van der Waals surface area contributed by atoms with Gasteiger partial charge < -0.3 is 5.11 Å². The summed E-state index contributed by atoms with van der Waals surface area (Å²) in [7, 11) is 0. The molecule has 78 valence electrons. The number of aliphatic hydroxyl groups is 1. The first-order valence-electron chi connectivity index (χ1n) is 5.46. The number of rotatable bonds is 5. The monoisotopic (exact) mass is 202 g/mol. The Morgan fingerprint density at radius 2 is 2.15 bits per heavy atom. The molecule has 0 saturated carbocycles. The zero-order valence-corrected chi connectivity index (χ0v) is 9.65. The number of hydrogen-bond acceptors (Lipinski definition) is 2. The molecule has 0 aromatic heterocycles.